The Morgan fingerprint density at radius 1 is 1.06 bits per heavy atom. The summed E-state index contributed by atoms with van der Waals surface area (Å²) in [5, 5.41) is 0. The van der Waals surface area contributed by atoms with Crippen molar-refractivity contribution in [3.05, 3.63) is 52.6 Å². The van der Waals surface area contributed by atoms with Crippen LogP contribution in [-0.2, 0) is 14.4 Å². The lowest BCUT2D eigenvalue weighted by atomic mass is 9.74. The van der Waals surface area contributed by atoms with Gasteiger partial charge in [-0.15, -0.1) is 0 Å². The summed E-state index contributed by atoms with van der Waals surface area (Å²) in [7, 11) is 0. The highest BCUT2D eigenvalue weighted by Crippen LogP contribution is 2.36. The highest BCUT2D eigenvalue weighted by molar-refractivity contribution is 5.99. The van der Waals surface area contributed by atoms with Crippen LogP contribution in [0, 0.1) is 30.6 Å². The van der Waals surface area contributed by atoms with E-state index < -0.39 is 0 Å². The molecule has 0 fully saturated rings. The van der Waals surface area contributed by atoms with Crippen LogP contribution in [-0.4, -0.2) is 17.3 Å². The lowest BCUT2D eigenvalue weighted by Gasteiger charge is -2.30. The Balaban J connectivity index is 2.34. The maximum Gasteiger partial charge on any atom is 0.143 e. The number of ketones is 3. The molecule has 0 radical (unpaired) electrons. The van der Waals surface area contributed by atoms with E-state index in [4.69, 9.17) is 0 Å². The standard InChI is InChI=1S/C33H48O3/c1-8-10-29(31(9-2)33(36)18-25(7)34)19-26-13-16-28(22(3)4)21-32(24(6)17-30(35)20-26)27-14-11-23(5)12-15-27/h11-12,14-15,21-22,26,29,31H,8-10,13,16-20H2,1-7H3/b28-21+,32-24+. The molecule has 0 heterocycles. The smallest absolute Gasteiger partial charge is 0.143 e. The molecule has 0 amide bonds. The number of carbonyl (C=O) groups is 3. The van der Waals surface area contributed by atoms with Gasteiger partial charge in [0.25, 0.3) is 0 Å². The predicted octanol–water partition coefficient (Wildman–Crippen LogP) is 8.49. The maximum absolute atomic E-state index is 13.3. The summed E-state index contributed by atoms with van der Waals surface area (Å²) < 4.78 is 0. The van der Waals surface area contributed by atoms with Crippen LogP contribution in [0.2, 0.25) is 0 Å². The number of Topliss-reactive ketones (excluding diaryl/α,β-unsaturated/α-hetero) is 3. The molecule has 0 bridgehead atoms. The van der Waals surface area contributed by atoms with E-state index in [-0.39, 0.29) is 35.7 Å². The van der Waals surface area contributed by atoms with Crippen molar-refractivity contribution in [2.45, 2.75) is 106 Å². The summed E-state index contributed by atoms with van der Waals surface area (Å²) in [4.78, 5) is 37.8. The normalized spacial score (nSPS) is 22.6. The molecule has 198 valence electrons. The van der Waals surface area contributed by atoms with Crippen LogP contribution < -0.4 is 0 Å². The molecule has 3 heteroatoms. The molecule has 2 rings (SSSR count). The summed E-state index contributed by atoms with van der Waals surface area (Å²) in [5.74, 6) is 1.17. The number of benzene rings is 1. The van der Waals surface area contributed by atoms with E-state index in [9.17, 15) is 14.4 Å². The highest BCUT2D eigenvalue weighted by Gasteiger charge is 2.30. The summed E-state index contributed by atoms with van der Waals surface area (Å²) in [6, 6.07) is 8.61. The maximum atomic E-state index is 13.3. The van der Waals surface area contributed by atoms with Crippen LogP contribution in [0.15, 0.2) is 41.5 Å². The van der Waals surface area contributed by atoms with Gasteiger partial charge in [-0.1, -0.05) is 87.6 Å². The van der Waals surface area contributed by atoms with Crippen molar-refractivity contribution >= 4 is 22.9 Å². The van der Waals surface area contributed by atoms with Gasteiger partial charge >= 0.3 is 0 Å². The number of aryl methyl sites for hydroxylation is 1. The quantitative estimate of drug-likeness (QED) is 0.291. The van der Waals surface area contributed by atoms with Crippen molar-refractivity contribution in [1.29, 1.82) is 0 Å². The topological polar surface area (TPSA) is 51.2 Å². The second-order valence-corrected chi connectivity index (χ2v) is 11.4. The van der Waals surface area contributed by atoms with Crippen LogP contribution in [0.3, 0.4) is 0 Å². The summed E-state index contributed by atoms with van der Waals surface area (Å²) in [6.07, 6.45) is 8.98. The summed E-state index contributed by atoms with van der Waals surface area (Å²) in [6.45, 7) is 14.4. The minimum Gasteiger partial charge on any atom is -0.300 e. The zero-order valence-corrected chi connectivity index (χ0v) is 23.8. The van der Waals surface area contributed by atoms with Gasteiger partial charge in [-0.3, -0.25) is 14.4 Å². The molecule has 0 saturated heterocycles. The number of hydrogen-bond acceptors (Lipinski definition) is 3. The Labute approximate surface area is 219 Å². The van der Waals surface area contributed by atoms with Crippen molar-refractivity contribution < 1.29 is 14.4 Å². The number of allylic oxidation sites excluding steroid dienone is 4. The van der Waals surface area contributed by atoms with Crippen molar-refractivity contribution in [3.63, 3.8) is 0 Å². The fourth-order valence-electron chi connectivity index (χ4n) is 5.84. The minimum atomic E-state index is -0.0887. The molecule has 1 aromatic carbocycles. The molecule has 3 unspecified atom stereocenters. The Hall–Kier alpha value is -2.29. The first kappa shape index (κ1) is 29.9. The number of hydrogen-bond donors (Lipinski definition) is 0. The van der Waals surface area contributed by atoms with E-state index >= 15 is 0 Å². The molecule has 0 aliphatic heterocycles. The zero-order chi connectivity index (χ0) is 26.8. The van der Waals surface area contributed by atoms with E-state index in [0.29, 0.717) is 24.5 Å². The van der Waals surface area contributed by atoms with Crippen LogP contribution in [0.5, 0.6) is 0 Å². The average molecular weight is 493 g/mol. The molecule has 3 nitrogen and oxygen atoms in total. The van der Waals surface area contributed by atoms with Gasteiger partial charge in [0.15, 0.2) is 0 Å². The molecule has 1 aromatic rings. The monoisotopic (exact) mass is 492 g/mol. The van der Waals surface area contributed by atoms with E-state index in [1.165, 1.54) is 29.2 Å². The van der Waals surface area contributed by atoms with Crippen molar-refractivity contribution in [2.75, 3.05) is 0 Å². The summed E-state index contributed by atoms with van der Waals surface area (Å²) >= 11 is 0. The summed E-state index contributed by atoms with van der Waals surface area (Å²) in [5.41, 5.74) is 6.17. The van der Waals surface area contributed by atoms with Gasteiger partial charge in [-0.25, -0.2) is 0 Å². The zero-order valence-electron chi connectivity index (χ0n) is 23.8. The van der Waals surface area contributed by atoms with Gasteiger partial charge in [0.05, 0.1) is 6.42 Å². The average Bonchev–Trinajstić information content (AvgIpc) is 2.79. The fourth-order valence-corrected chi connectivity index (χ4v) is 5.84. The predicted molar refractivity (Wildman–Crippen MR) is 151 cm³/mol. The van der Waals surface area contributed by atoms with Crippen LogP contribution in [0.4, 0.5) is 0 Å². The second-order valence-electron chi connectivity index (χ2n) is 11.4. The second kappa shape index (κ2) is 14.4. The van der Waals surface area contributed by atoms with Gasteiger partial charge in [-0.2, -0.15) is 0 Å². The number of rotatable bonds is 11. The first-order chi connectivity index (χ1) is 17.0. The van der Waals surface area contributed by atoms with Crippen LogP contribution in [0.1, 0.15) is 110 Å². The highest BCUT2D eigenvalue weighted by atomic mass is 16.1. The lowest BCUT2D eigenvalue weighted by Crippen LogP contribution is -2.27. The van der Waals surface area contributed by atoms with Gasteiger partial charge in [0.1, 0.15) is 17.3 Å². The van der Waals surface area contributed by atoms with Crippen LogP contribution >= 0.6 is 0 Å². The van der Waals surface area contributed by atoms with E-state index in [2.05, 4.69) is 71.9 Å². The molecule has 1 aliphatic carbocycles. The molecule has 0 N–H and O–H groups in total. The van der Waals surface area contributed by atoms with E-state index in [0.717, 1.165) is 44.1 Å². The first-order valence-corrected chi connectivity index (χ1v) is 14.1. The Morgan fingerprint density at radius 3 is 2.28 bits per heavy atom. The van der Waals surface area contributed by atoms with Gasteiger partial charge in [0, 0.05) is 18.8 Å². The molecule has 0 saturated carbocycles. The van der Waals surface area contributed by atoms with E-state index in [1.54, 1.807) is 0 Å². The van der Waals surface area contributed by atoms with E-state index in [1.807, 2.05) is 0 Å². The minimum absolute atomic E-state index is 0.0360. The van der Waals surface area contributed by atoms with Gasteiger partial charge in [-0.05, 0) is 75.3 Å². The largest absolute Gasteiger partial charge is 0.300 e. The third-order valence-electron chi connectivity index (χ3n) is 7.85. The molecular formula is C33H48O3. The number of carbonyl (C=O) groups excluding carboxylic acids is 3. The first-order valence-electron chi connectivity index (χ1n) is 14.1. The van der Waals surface area contributed by atoms with Crippen molar-refractivity contribution in [3.8, 4) is 0 Å². The molecule has 0 spiro atoms. The SMILES string of the molecule is CCCC(CC1CC/C(C(C)C)=C\C(c2ccc(C)cc2)=C(\C)CC(=O)C1)C(CC)C(=O)CC(C)=O. The van der Waals surface area contributed by atoms with Gasteiger partial charge in [0.2, 0.25) is 0 Å². The Bertz CT molecular complexity index is 961. The Kier molecular flexibility index (Phi) is 12.0. The van der Waals surface area contributed by atoms with Crippen molar-refractivity contribution in [2.24, 2.45) is 23.7 Å². The molecule has 0 aromatic heterocycles. The lowest BCUT2D eigenvalue weighted by molar-refractivity contribution is -0.129. The third-order valence-corrected chi connectivity index (χ3v) is 7.85. The Morgan fingerprint density at radius 2 is 1.72 bits per heavy atom. The third kappa shape index (κ3) is 8.98. The fraction of sp³-hybridized carbons (Fsp3) is 0.606. The molecule has 36 heavy (non-hydrogen) atoms. The molecule has 1 aliphatic rings. The van der Waals surface area contributed by atoms with Gasteiger partial charge < -0.3 is 0 Å². The molecule has 3 atom stereocenters. The molecular weight excluding hydrogens is 444 g/mol. The van der Waals surface area contributed by atoms with Crippen LogP contribution in [0.25, 0.3) is 5.57 Å². The van der Waals surface area contributed by atoms with Crippen molar-refractivity contribution in [1.82, 2.24) is 0 Å².